The Bertz CT molecular complexity index is 785. The molecule has 1 saturated heterocycles. The third-order valence-electron chi connectivity index (χ3n) is 7.23. The van der Waals surface area contributed by atoms with Gasteiger partial charge >= 0.3 is 8.24 Å². The van der Waals surface area contributed by atoms with Crippen molar-refractivity contribution in [3.63, 3.8) is 0 Å². The van der Waals surface area contributed by atoms with Gasteiger partial charge in [0.15, 0.2) is 0 Å². The van der Waals surface area contributed by atoms with Crippen molar-refractivity contribution in [3.8, 4) is 0 Å². The van der Waals surface area contributed by atoms with Gasteiger partial charge in [0, 0.05) is 23.7 Å². The van der Waals surface area contributed by atoms with Crippen molar-refractivity contribution in [2.75, 3.05) is 19.6 Å². The number of hydrogen-bond acceptors (Lipinski definition) is 6. The van der Waals surface area contributed by atoms with Gasteiger partial charge in [0.25, 0.3) is 0 Å². The second-order valence-electron chi connectivity index (χ2n) is 10.3. The van der Waals surface area contributed by atoms with Gasteiger partial charge in [-0.25, -0.2) is 0 Å². The maximum atomic E-state index is 5.65. The highest BCUT2D eigenvalue weighted by atomic mass is 31.1. The fourth-order valence-electron chi connectivity index (χ4n) is 5.95. The van der Waals surface area contributed by atoms with Gasteiger partial charge in [-0.1, -0.05) is 33.1 Å². The Balaban J connectivity index is 1.32. The average molecular weight is 466 g/mol. The molecule has 0 saturated carbocycles. The van der Waals surface area contributed by atoms with Crippen molar-refractivity contribution in [1.29, 1.82) is 0 Å². The molecule has 2 bridgehead atoms. The molecule has 3 aromatic rings. The molecule has 2 N–H and O–H groups in total. The van der Waals surface area contributed by atoms with Crippen LogP contribution >= 0.6 is 8.24 Å². The largest absolute Gasteiger partial charge is 0.405 e. The maximum Gasteiger partial charge on any atom is 0.405 e. The Morgan fingerprint density at radius 1 is 0.969 bits per heavy atom. The van der Waals surface area contributed by atoms with E-state index in [4.69, 9.17) is 13.0 Å². The lowest BCUT2D eigenvalue weighted by molar-refractivity contribution is -0.0790. The van der Waals surface area contributed by atoms with Crippen LogP contribution in [0.25, 0.3) is 11.2 Å². The molecular formula is C25H44N3O3P. The van der Waals surface area contributed by atoms with E-state index < -0.39 is 8.24 Å². The standard InChI is InChI=1S/C25H44N3O3P/c1-7-22-23(19-24(3,4)28(8-2)25(22,5)6)26-17-11-9-10-12-18-27-31-32-29-20-13-14-21(30-32)16-15-20/h13-16,22-23,26-27H,7-12,17-19H2,1-6H3. The molecule has 32 heavy (non-hydrogen) atoms. The fourth-order valence-corrected chi connectivity index (χ4v) is 6.84. The van der Waals surface area contributed by atoms with E-state index in [1.54, 1.807) is 0 Å². The first-order valence-corrected chi connectivity index (χ1v) is 13.5. The van der Waals surface area contributed by atoms with E-state index in [0.29, 0.717) is 12.0 Å². The number of nitrogens with zero attached hydrogens (tertiary/aromatic N) is 1. The first-order chi connectivity index (χ1) is 15.3. The van der Waals surface area contributed by atoms with E-state index >= 15 is 0 Å². The number of hydroxylamine groups is 1. The lowest BCUT2D eigenvalue weighted by Crippen LogP contribution is -2.68. The number of benzene rings is 1. The van der Waals surface area contributed by atoms with Gasteiger partial charge in [-0.05, 0) is 90.2 Å². The van der Waals surface area contributed by atoms with Crippen molar-refractivity contribution in [2.45, 2.75) is 97.2 Å². The molecule has 0 aliphatic carbocycles. The van der Waals surface area contributed by atoms with Crippen LogP contribution in [0.5, 0.6) is 0 Å². The predicted molar refractivity (Wildman–Crippen MR) is 134 cm³/mol. The summed E-state index contributed by atoms with van der Waals surface area (Å²) in [5, 5.41) is 3.93. The summed E-state index contributed by atoms with van der Waals surface area (Å²) in [5.74, 6) is 0.684. The van der Waals surface area contributed by atoms with Gasteiger partial charge in [0.2, 0.25) is 0 Å². The first kappa shape index (κ1) is 25.6. The molecule has 2 aromatic heterocycles. The zero-order valence-electron chi connectivity index (χ0n) is 20.9. The first-order valence-electron chi connectivity index (χ1n) is 12.4. The van der Waals surface area contributed by atoms with Gasteiger partial charge < -0.3 is 13.7 Å². The molecule has 6 nitrogen and oxygen atoms in total. The van der Waals surface area contributed by atoms with Crippen LogP contribution in [0.15, 0.2) is 32.7 Å². The Morgan fingerprint density at radius 3 is 2.12 bits per heavy atom. The predicted octanol–water partition coefficient (Wildman–Crippen LogP) is 6.34. The third-order valence-corrected chi connectivity index (χ3v) is 8.23. The van der Waals surface area contributed by atoms with Crippen molar-refractivity contribution in [3.05, 3.63) is 24.3 Å². The van der Waals surface area contributed by atoms with E-state index in [9.17, 15) is 0 Å². The number of rotatable bonds is 12. The van der Waals surface area contributed by atoms with E-state index in [0.717, 1.165) is 37.2 Å². The number of nitrogens with one attached hydrogen (secondary N) is 2. The summed E-state index contributed by atoms with van der Waals surface area (Å²) in [6, 6.07) is 8.18. The van der Waals surface area contributed by atoms with Gasteiger partial charge in [-0.15, -0.1) is 0 Å². The minimum Gasteiger partial charge on any atom is -0.399 e. The average Bonchev–Trinajstić information content (AvgIpc) is 3.04. The van der Waals surface area contributed by atoms with Gasteiger partial charge in [0.1, 0.15) is 11.2 Å². The molecule has 0 spiro atoms. The highest BCUT2D eigenvalue weighted by Crippen LogP contribution is 2.43. The van der Waals surface area contributed by atoms with Crippen LogP contribution in [-0.2, 0) is 0 Å². The molecular weight excluding hydrogens is 421 g/mol. The van der Waals surface area contributed by atoms with Crippen molar-refractivity contribution in [1.82, 2.24) is 15.7 Å². The number of piperidine rings is 1. The molecule has 0 amide bonds. The van der Waals surface area contributed by atoms with Crippen molar-refractivity contribution in [2.24, 2.45) is 5.92 Å². The SMILES string of the molecule is CCC1C(NCCCCCCNOp2oc3ccc(cc3)o2)CC(C)(C)N(CC)C1(C)C. The molecule has 182 valence electrons. The Morgan fingerprint density at radius 2 is 1.56 bits per heavy atom. The van der Waals surface area contributed by atoms with Gasteiger partial charge in [-0.3, -0.25) is 4.90 Å². The topological polar surface area (TPSA) is 62.8 Å². The monoisotopic (exact) mass is 465 g/mol. The summed E-state index contributed by atoms with van der Waals surface area (Å²) in [7, 11) is -1.40. The summed E-state index contributed by atoms with van der Waals surface area (Å²) >= 11 is 0. The van der Waals surface area contributed by atoms with Crippen LogP contribution in [0.2, 0.25) is 0 Å². The zero-order chi connectivity index (χ0) is 23.2. The summed E-state index contributed by atoms with van der Waals surface area (Å²) in [4.78, 5) is 2.71. The Kier molecular flexibility index (Phi) is 9.11. The molecule has 4 rings (SSSR count). The Labute approximate surface area is 195 Å². The van der Waals surface area contributed by atoms with Crippen LogP contribution in [-0.4, -0.2) is 41.7 Å². The minimum atomic E-state index is -1.40. The molecule has 1 aliphatic heterocycles. The summed E-state index contributed by atoms with van der Waals surface area (Å²) in [6.07, 6.45) is 7.18. The van der Waals surface area contributed by atoms with Crippen molar-refractivity contribution >= 4 is 19.4 Å². The fraction of sp³-hybridized carbons (Fsp3) is 0.760. The highest BCUT2D eigenvalue weighted by molar-refractivity contribution is 7.31. The van der Waals surface area contributed by atoms with Gasteiger partial charge in [-0.2, -0.15) is 10.1 Å². The van der Waals surface area contributed by atoms with E-state index in [-0.39, 0.29) is 11.1 Å². The second kappa shape index (κ2) is 11.4. The van der Waals surface area contributed by atoms with Crippen LogP contribution in [0, 0.1) is 5.92 Å². The van der Waals surface area contributed by atoms with Crippen LogP contribution in [0.1, 0.15) is 80.1 Å². The van der Waals surface area contributed by atoms with Gasteiger partial charge in [0.05, 0.1) is 0 Å². The van der Waals surface area contributed by atoms with E-state index in [1.165, 1.54) is 32.1 Å². The molecule has 3 heterocycles. The van der Waals surface area contributed by atoms with Crippen LogP contribution in [0.4, 0.5) is 0 Å². The molecule has 7 heteroatoms. The molecule has 1 aliphatic rings. The normalized spacial score (nSPS) is 23.1. The zero-order valence-corrected chi connectivity index (χ0v) is 21.8. The summed E-state index contributed by atoms with van der Waals surface area (Å²) < 4.78 is 16.9. The molecule has 0 radical (unpaired) electrons. The molecule has 1 fully saturated rings. The van der Waals surface area contributed by atoms with Crippen LogP contribution in [0.3, 0.4) is 0 Å². The number of hydrogen-bond donors (Lipinski definition) is 2. The minimum absolute atomic E-state index is 0.226. The number of fused-ring (bicyclic) bond motifs is 4. The number of unbranched alkanes of at least 4 members (excludes halogenated alkanes) is 3. The second-order valence-corrected chi connectivity index (χ2v) is 11.3. The molecule has 1 aromatic carbocycles. The summed E-state index contributed by atoms with van der Waals surface area (Å²) in [6.45, 7) is 17.4. The highest BCUT2D eigenvalue weighted by Gasteiger charge is 2.49. The van der Waals surface area contributed by atoms with E-state index in [1.807, 2.05) is 24.3 Å². The quantitative estimate of drug-likeness (QED) is 0.282. The smallest absolute Gasteiger partial charge is 0.399 e. The van der Waals surface area contributed by atoms with Crippen molar-refractivity contribution < 1.29 is 13.0 Å². The molecule has 2 atom stereocenters. The summed E-state index contributed by atoms with van der Waals surface area (Å²) in [5.41, 5.74) is 5.04. The van der Waals surface area contributed by atoms with Crippen LogP contribution < -0.4 is 15.4 Å². The third kappa shape index (κ3) is 6.30. The lowest BCUT2D eigenvalue weighted by atomic mass is 9.68. The van der Waals surface area contributed by atoms with E-state index in [2.05, 4.69) is 57.2 Å². The maximum absolute atomic E-state index is 5.65. The lowest BCUT2D eigenvalue weighted by Gasteiger charge is -2.59. The Hall–Kier alpha value is -1.04. The molecule has 2 unspecified atom stereocenters. The number of likely N-dealkylation sites (tertiary alicyclic amines) is 1.